The lowest BCUT2D eigenvalue weighted by Crippen LogP contribution is -2.49. The van der Waals surface area contributed by atoms with Crippen LogP contribution in [0.25, 0.3) is 0 Å². The van der Waals surface area contributed by atoms with Gasteiger partial charge in [-0.3, -0.25) is 4.79 Å². The average Bonchev–Trinajstić information content (AvgIpc) is 3.44. The molecule has 0 radical (unpaired) electrons. The van der Waals surface area contributed by atoms with E-state index in [0.717, 1.165) is 42.5 Å². The molecule has 2 atom stereocenters. The fourth-order valence-corrected chi connectivity index (χ4v) is 4.32. The Morgan fingerprint density at radius 2 is 1.88 bits per heavy atom. The van der Waals surface area contributed by atoms with E-state index in [0.29, 0.717) is 11.8 Å². The van der Waals surface area contributed by atoms with E-state index in [2.05, 4.69) is 42.7 Å². The van der Waals surface area contributed by atoms with Crippen LogP contribution in [0.2, 0.25) is 5.02 Å². The number of anilines is 1. The third kappa shape index (κ3) is 3.58. The van der Waals surface area contributed by atoms with Crippen molar-refractivity contribution in [1.29, 1.82) is 0 Å². The molecule has 0 aromatic heterocycles. The number of hydrogen-bond acceptors (Lipinski definition) is 3. The largest absolute Gasteiger partial charge is 0.368 e. The lowest BCUT2D eigenvalue weighted by molar-refractivity contribution is -0.132. The number of benzene rings is 2. The summed E-state index contributed by atoms with van der Waals surface area (Å²) in [6.45, 7) is 5.38. The summed E-state index contributed by atoms with van der Waals surface area (Å²) in [7, 11) is 0. The van der Waals surface area contributed by atoms with Gasteiger partial charge in [0.15, 0.2) is 0 Å². The van der Waals surface area contributed by atoms with E-state index in [1.165, 1.54) is 16.8 Å². The topological polar surface area (TPSA) is 23.6 Å². The summed E-state index contributed by atoms with van der Waals surface area (Å²) in [5.41, 5.74) is 3.64. The van der Waals surface area contributed by atoms with Crippen molar-refractivity contribution in [2.24, 2.45) is 5.92 Å². The number of hydrogen-bond donors (Lipinski definition) is 1. The number of halogens is 1. The summed E-state index contributed by atoms with van der Waals surface area (Å²) >= 11 is 10.6. The third-order valence-electron chi connectivity index (χ3n) is 5.51. The highest BCUT2D eigenvalue weighted by molar-refractivity contribution is 7.80. The Hall–Kier alpha value is -1.65. The van der Waals surface area contributed by atoms with Crippen LogP contribution in [0, 0.1) is 12.8 Å². The van der Waals surface area contributed by atoms with Crippen molar-refractivity contribution in [3.05, 3.63) is 58.6 Å². The van der Waals surface area contributed by atoms with Crippen molar-refractivity contribution < 1.29 is 4.79 Å². The molecule has 5 heteroatoms. The highest BCUT2D eigenvalue weighted by atomic mass is 35.5. The standard InChI is InChI=1S/C21H23ClN2OS/c1-14-5-6-16(22)12-20(14)23-7-9-24(10-8-23)21(25)19-13-18(19)15-3-2-4-17(26)11-15/h2-6,11-12,18-19,26H,7-10,13H2,1H3. The summed E-state index contributed by atoms with van der Waals surface area (Å²) in [4.78, 5) is 18.2. The number of thiol groups is 1. The summed E-state index contributed by atoms with van der Waals surface area (Å²) in [6, 6.07) is 14.2. The molecule has 2 fully saturated rings. The molecular formula is C21H23ClN2OS. The van der Waals surface area contributed by atoms with E-state index in [9.17, 15) is 4.79 Å². The van der Waals surface area contributed by atoms with Gasteiger partial charge < -0.3 is 9.80 Å². The molecule has 136 valence electrons. The van der Waals surface area contributed by atoms with Crippen molar-refractivity contribution in [1.82, 2.24) is 4.90 Å². The van der Waals surface area contributed by atoms with Crippen LogP contribution in [0.3, 0.4) is 0 Å². The molecule has 0 N–H and O–H groups in total. The van der Waals surface area contributed by atoms with Crippen molar-refractivity contribution >= 4 is 35.8 Å². The first-order valence-electron chi connectivity index (χ1n) is 9.12. The highest BCUT2D eigenvalue weighted by Gasteiger charge is 2.46. The Bertz CT molecular complexity index is 833. The first kappa shape index (κ1) is 17.7. The number of rotatable bonds is 3. The third-order valence-corrected chi connectivity index (χ3v) is 6.02. The van der Waals surface area contributed by atoms with E-state index in [4.69, 9.17) is 11.6 Å². The Kier molecular flexibility index (Phi) is 4.89. The van der Waals surface area contributed by atoms with Crippen LogP contribution >= 0.6 is 24.2 Å². The molecule has 0 spiro atoms. The van der Waals surface area contributed by atoms with Crippen molar-refractivity contribution in [3.63, 3.8) is 0 Å². The smallest absolute Gasteiger partial charge is 0.226 e. The number of amides is 1. The Morgan fingerprint density at radius 3 is 2.62 bits per heavy atom. The molecule has 2 aromatic carbocycles. The minimum atomic E-state index is 0.143. The molecule has 1 aliphatic heterocycles. The van der Waals surface area contributed by atoms with E-state index < -0.39 is 0 Å². The maximum Gasteiger partial charge on any atom is 0.226 e. The molecule has 1 saturated heterocycles. The maximum atomic E-state index is 12.9. The van der Waals surface area contributed by atoms with Crippen LogP contribution in [0.5, 0.6) is 0 Å². The highest BCUT2D eigenvalue weighted by Crippen LogP contribution is 2.48. The predicted octanol–water partition coefficient (Wildman–Crippen LogP) is 4.39. The van der Waals surface area contributed by atoms with Gasteiger partial charge in [0.2, 0.25) is 5.91 Å². The lowest BCUT2D eigenvalue weighted by atomic mass is 10.1. The van der Waals surface area contributed by atoms with Gasteiger partial charge in [0.05, 0.1) is 0 Å². The van der Waals surface area contributed by atoms with Gasteiger partial charge in [-0.05, 0) is 54.7 Å². The molecule has 2 aliphatic rings. The van der Waals surface area contributed by atoms with E-state index in [-0.39, 0.29) is 5.92 Å². The average molecular weight is 387 g/mol. The van der Waals surface area contributed by atoms with Crippen LogP contribution in [-0.4, -0.2) is 37.0 Å². The minimum Gasteiger partial charge on any atom is -0.368 e. The Labute approximate surface area is 165 Å². The normalized spacial score (nSPS) is 22.4. The quantitative estimate of drug-likeness (QED) is 0.791. The summed E-state index contributed by atoms with van der Waals surface area (Å²) in [5, 5.41) is 0.761. The van der Waals surface area contributed by atoms with Crippen LogP contribution in [0.1, 0.15) is 23.5 Å². The van der Waals surface area contributed by atoms with E-state index in [1.54, 1.807) is 0 Å². The van der Waals surface area contributed by atoms with Crippen LogP contribution in [0.4, 0.5) is 5.69 Å². The predicted molar refractivity (Wildman–Crippen MR) is 110 cm³/mol. The van der Waals surface area contributed by atoms with Crippen LogP contribution in [-0.2, 0) is 4.79 Å². The second kappa shape index (κ2) is 7.16. The number of aryl methyl sites for hydroxylation is 1. The SMILES string of the molecule is Cc1ccc(Cl)cc1N1CCN(C(=O)C2CC2c2cccc(S)c2)CC1. The van der Waals surface area contributed by atoms with E-state index in [1.807, 2.05) is 29.2 Å². The number of carbonyl (C=O) groups excluding carboxylic acids is 1. The number of piperazine rings is 1. The first-order valence-corrected chi connectivity index (χ1v) is 9.94. The molecule has 1 heterocycles. The fourth-order valence-electron chi connectivity index (χ4n) is 3.92. The molecule has 1 saturated carbocycles. The van der Waals surface area contributed by atoms with Crippen molar-refractivity contribution in [2.75, 3.05) is 31.1 Å². The maximum absolute atomic E-state index is 12.9. The molecule has 26 heavy (non-hydrogen) atoms. The molecule has 2 unspecified atom stereocenters. The first-order chi connectivity index (χ1) is 12.5. The molecule has 3 nitrogen and oxygen atoms in total. The Balaban J connectivity index is 1.36. The zero-order valence-corrected chi connectivity index (χ0v) is 16.5. The van der Waals surface area contributed by atoms with Gasteiger partial charge in [0, 0.05) is 47.7 Å². The van der Waals surface area contributed by atoms with Crippen molar-refractivity contribution in [3.8, 4) is 0 Å². The number of nitrogens with zero attached hydrogens (tertiary/aromatic N) is 2. The van der Waals surface area contributed by atoms with Gasteiger partial charge in [-0.2, -0.15) is 0 Å². The minimum absolute atomic E-state index is 0.143. The van der Waals surface area contributed by atoms with Gasteiger partial charge in [0.1, 0.15) is 0 Å². The van der Waals surface area contributed by atoms with Gasteiger partial charge in [0.25, 0.3) is 0 Å². The summed E-state index contributed by atoms with van der Waals surface area (Å²) in [5.74, 6) is 0.814. The fraction of sp³-hybridized carbons (Fsp3) is 0.381. The van der Waals surface area contributed by atoms with Gasteiger partial charge in [-0.25, -0.2) is 0 Å². The van der Waals surface area contributed by atoms with Gasteiger partial charge in [-0.1, -0.05) is 29.8 Å². The zero-order chi connectivity index (χ0) is 18.3. The number of carbonyl (C=O) groups is 1. The molecule has 0 bridgehead atoms. The molecule has 1 amide bonds. The van der Waals surface area contributed by atoms with Gasteiger partial charge >= 0.3 is 0 Å². The second-order valence-corrected chi connectivity index (χ2v) is 8.24. The van der Waals surface area contributed by atoms with Gasteiger partial charge in [-0.15, -0.1) is 12.6 Å². The molecule has 4 rings (SSSR count). The van der Waals surface area contributed by atoms with Crippen LogP contribution in [0.15, 0.2) is 47.4 Å². The van der Waals surface area contributed by atoms with Crippen molar-refractivity contribution in [2.45, 2.75) is 24.2 Å². The zero-order valence-electron chi connectivity index (χ0n) is 14.9. The second-order valence-electron chi connectivity index (χ2n) is 7.29. The van der Waals surface area contributed by atoms with Crippen LogP contribution < -0.4 is 4.90 Å². The molecule has 1 aliphatic carbocycles. The Morgan fingerprint density at radius 1 is 1.12 bits per heavy atom. The lowest BCUT2D eigenvalue weighted by Gasteiger charge is -2.37. The summed E-state index contributed by atoms with van der Waals surface area (Å²) < 4.78 is 0. The molecule has 2 aromatic rings. The van der Waals surface area contributed by atoms with E-state index >= 15 is 0 Å². The monoisotopic (exact) mass is 386 g/mol. The summed E-state index contributed by atoms with van der Waals surface area (Å²) in [6.07, 6.45) is 0.962. The molecular weight excluding hydrogens is 364 g/mol.